The number of ether oxygens (including phenoxy) is 2. The van der Waals surface area contributed by atoms with Gasteiger partial charge in [-0.15, -0.1) is 0 Å². The van der Waals surface area contributed by atoms with Gasteiger partial charge in [0.05, 0.1) is 17.3 Å². The molecule has 7 nitrogen and oxygen atoms in total. The second-order valence-electron chi connectivity index (χ2n) is 7.72. The monoisotopic (exact) mass is 380 g/mol. The lowest BCUT2D eigenvalue weighted by atomic mass is 9.93. The molecule has 27 heavy (non-hydrogen) atoms. The van der Waals surface area contributed by atoms with Gasteiger partial charge in [0.2, 0.25) is 0 Å². The molecule has 0 spiro atoms. The molecule has 0 saturated carbocycles. The molecule has 3 N–H and O–H groups in total. The molecular formula is C20H28O7. The Labute approximate surface area is 158 Å². The van der Waals surface area contributed by atoms with Crippen molar-refractivity contribution >= 4 is 11.0 Å². The lowest BCUT2D eigenvalue weighted by Crippen LogP contribution is -2.40. The summed E-state index contributed by atoms with van der Waals surface area (Å²) in [5.74, 6) is 0.353. The zero-order valence-electron chi connectivity index (χ0n) is 16.4. The van der Waals surface area contributed by atoms with Crippen LogP contribution in [0.3, 0.4) is 0 Å². The highest BCUT2D eigenvalue weighted by molar-refractivity contribution is 5.82. The van der Waals surface area contributed by atoms with Crippen LogP contribution in [-0.4, -0.2) is 52.4 Å². The van der Waals surface area contributed by atoms with Gasteiger partial charge in [0.15, 0.2) is 0 Å². The standard InChI is InChI=1S/C20H28O7/c1-19(2,24)16(22)11-26-14-8-6-12-7-9-17(23)27-18(12)13(14)10-15(21)20(3,4)25-5/h6-9,15-16,21-22,24H,10-11H2,1-5H3/t15-,16+/m0/s1. The van der Waals surface area contributed by atoms with Crippen molar-refractivity contribution in [2.45, 2.75) is 57.5 Å². The van der Waals surface area contributed by atoms with E-state index in [0.29, 0.717) is 22.3 Å². The summed E-state index contributed by atoms with van der Waals surface area (Å²) >= 11 is 0. The number of methoxy groups -OCH3 is 1. The Kier molecular flexibility index (Phi) is 6.32. The second-order valence-corrected chi connectivity index (χ2v) is 7.72. The van der Waals surface area contributed by atoms with Crippen molar-refractivity contribution in [1.82, 2.24) is 0 Å². The van der Waals surface area contributed by atoms with Gasteiger partial charge in [-0.1, -0.05) is 0 Å². The van der Waals surface area contributed by atoms with Crippen LogP contribution in [0.1, 0.15) is 33.3 Å². The van der Waals surface area contributed by atoms with Crippen molar-refractivity contribution in [1.29, 1.82) is 0 Å². The number of aliphatic hydroxyl groups is 3. The minimum atomic E-state index is -1.33. The molecular weight excluding hydrogens is 352 g/mol. The van der Waals surface area contributed by atoms with E-state index in [9.17, 15) is 20.1 Å². The Morgan fingerprint density at radius 1 is 1.07 bits per heavy atom. The lowest BCUT2D eigenvalue weighted by Gasteiger charge is -2.30. The fraction of sp³-hybridized carbons (Fsp3) is 0.550. The molecule has 1 heterocycles. The SMILES string of the molecule is COC(C)(C)[C@@H](O)Cc1c(OC[C@@H](O)C(C)(C)O)ccc2ccc(=O)oc12. The summed E-state index contributed by atoms with van der Waals surface area (Å²) in [6, 6.07) is 6.36. The zero-order valence-corrected chi connectivity index (χ0v) is 16.4. The fourth-order valence-corrected chi connectivity index (χ4v) is 2.45. The smallest absolute Gasteiger partial charge is 0.336 e. The summed E-state index contributed by atoms with van der Waals surface area (Å²) in [4.78, 5) is 11.7. The molecule has 0 amide bonds. The molecule has 0 aliphatic rings. The molecule has 0 saturated heterocycles. The topological polar surface area (TPSA) is 109 Å². The number of aliphatic hydroxyl groups excluding tert-OH is 2. The number of hydrogen-bond donors (Lipinski definition) is 3. The zero-order chi connectivity index (χ0) is 20.4. The van der Waals surface area contributed by atoms with E-state index in [-0.39, 0.29) is 13.0 Å². The maximum atomic E-state index is 11.7. The van der Waals surface area contributed by atoms with Crippen molar-refractivity contribution in [2.24, 2.45) is 0 Å². The first kappa shape index (κ1) is 21.4. The highest BCUT2D eigenvalue weighted by atomic mass is 16.5. The van der Waals surface area contributed by atoms with Gasteiger partial charge in [0, 0.05) is 30.5 Å². The van der Waals surface area contributed by atoms with Crippen LogP contribution in [0.15, 0.2) is 33.5 Å². The van der Waals surface area contributed by atoms with E-state index >= 15 is 0 Å². The molecule has 7 heteroatoms. The maximum absolute atomic E-state index is 11.7. The van der Waals surface area contributed by atoms with Crippen LogP contribution in [0.4, 0.5) is 0 Å². The summed E-state index contributed by atoms with van der Waals surface area (Å²) in [7, 11) is 1.50. The Morgan fingerprint density at radius 2 is 1.70 bits per heavy atom. The largest absolute Gasteiger partial charge is 0.490 e. The van der Waals surface area contributed by atoms with Gasteiger partial charge in [-0.3, -0.25) is 0 Å². The van der Waals surface area contributed by atoms with Crippen LogP contribution in [0.2, 0.25) is 0 Å². The molecule has 0 fully saturated rings. The van der Waals surface area contributed by atoms with Crippen LogP contribution >= 0.6 is 0 Å². The molecule has 0 bridgehead atoms. The molecule has 1 aromatic carbocycles. The Hall–Kier alpha value is -1.93. The van der Waals surface area contributed by atoms with Gasteiger partial charge in [-0.25, -0.2) is 4.79 Å². The fourth-order valence-electron chi connectivity index (χ4n) is 2.45. The van der Waals surface area contributed by atoms with E-state index in [1.807, 2.05) is 0 Å². The molecule has 0 aliphatic heterocycles. The minimum absolute atomic E-state index is 0.110. The number of benzene rings is 1. The first-order valence-electron chi connectivity index (χ1n) is 8.78. The highest BCUT2D eigenvalue weighted by Crippen LogP contribution is 2.31. The van der Waals surface area contributed by atoms with Crippen molar-refractivity contribution in [2.75, 3.05) is 13.7 Å². The third-order valence-electron chi connectivity index (χ3n) is 4.79. The van der Waals surface area contributed by atoms with Gasteiger partial charge in [0.25, 0.3) is 0 Å². The van der Waals surface area contributed by atoms with Crippen LogP contribution in [0.25, 0.3) is 11.0 Å². The highest BCUT2D eigenvalue weighted by Gasteiger charge is 2.30. The Bertz CT molecular complexity index is 832. The van der Waals surface area contributed by atoms with Crippen molar-refractivity contribution in [3.8, 4) is 5.75 Å². The number of fused-ring (bicyclic) bond motifs is 1. The predicted molar refractivity (Wildman–Crippen MR) is 101 cm³/mol. The molecule has 150 valence electrons. The molecule has 2 atom stereocenters. The van der Waals surface area contributed by atoms with Crippen LogP contribution in [0, 0.1) is 0 Å². The third-order valence-corrected chi connectivity index (χ3v) is 4.79. The van der Waals surface area contributed by atoms with E-state index < -0.39 is 29.0 Å². The Morgan fingerprint density at radius 3 is 2.30 bits per heavy atom. The van der Waals surface area contributed by atoms with Crippen molar-refractivity contribution in [3.63, 3.8) is 0 Å². The van der Waals surface area contributed by atoms with Gasteiger partial charge in [0.1, 0.15) is 24.0 Å². The predicted octanol–water partition coefficient (Wildman–Crippen LogP) is 1.63. The van der Waals surface area contributed by atoms with Crippen molar-refractivity contribution in [3.05, 3.63) is 40.2 Å². The summed E-state index contributed by atoms with van der Waals surface area (Å²) in [5, 5.41) is 31.2. The average Bonchev–Trinajstić information content (AvgIpc) is 2.59. The summed E-state index contributed by atoms with van der Waals surface area (Å²) in [6.45, 7) is 6.29. The summed E-state index contributed by atoms with van der Waals surface area (Å²) in [6.07, 6.45) is -1.91. The second kappa shape index (κ2) is 7.98. The Balaban J connectivity index is 2.45. The van der Waals surface area contributed by atoms with E-state index in [1.165, 1.54) is 27.0 Å². The van der Waals surface area contributed by atoms with Gasteiger partial charge in [-0.2, -0.15) is 0 Å². The van der Waals surface area contributed by atoms with Crippen molar-refractivity contribution < 1.29 is 29.2 Å². The van der Waals surface area contributed by atoms with Gasteiger partial charge < -0.3 is 29.2 Å². The molecule has 2 aromatic rings. The number of hydrogen-bond acceptors (Lipinski definition) is 7. The first-order valence-corrected chi connectivity index (χ1v) is 8.78. The lowest BCUT2D eigenvalue weighted by molar-refractivity contribution is -0.0771. The van der Waals surface area contributed by atoms with Gasteiger partial charge >= 0.3 is 5.63 Å². The van der Waals surface area contributed by atoms with Crippen LogP contribution in [0.5, 0.6) is 5.75 Å². The normalized spacial score (nSPS) is 15.0. The van der Waals surface area contributed by atoms with E-state index in [1.54, 1.807) is 32.0 Å². The molecule has 0 unspecified atom stereocenters. The number of rotatable bonds is 8. The van der Waals surface area contributed by atoms with Crippen LogP contribution < -0.4 is 10.4 Å². The summed E-state index contributed by atoms with van der Waals surface area (Å²) in [5.41, 5.74) is -1.88. The van der Waals surface area contributed by atoms with Gasteiger partial charge in [-0.05, 0) is 45.9 Å². The van der Waals surface area contributed by atoms with E-state index in [4.69, 9.17) is 13.9 Å². The molecule has 0 aliphatic carbocycles. The summed E-state index contributed by atoms with van der Waals surface area (Å²) < 4.78 is 16.4. The average molecular weight is 380 g/mol. The van der Waals surface area contributed by atoms with E-state index in [2.05, 4.69) is 0 Å². The first-order chi connectivity index (χ1) is 12.5. The van der Waals surface area contributed by atoms with Crippen LogP contribution in [-0.2, 0) is 11.2 Å². The maximum Gasteiger partial charge on any atom is 0.336 e. The molecule has 1 aromatic heterocycles. The van der Waals surface area contributed by atoms with E-state index in [0.717, 1.165) is 0 Å². The molecule has 2 rings (SSSR count). The minimum Gasteiger partial charge on any atom is -0.490 e. The quantitative estimate of drug-likeness (QED) is 0.597. The molecule has 0 radical (unpaired) electrons. The third kappa shape index (κ3) is 5.07.